The van der Waals surface area contributed by atoms with Crippen molar-refractivity contribution >= 4 is 17.4 Å². The molecule has 0 saturated heterocycles. The van der Waals surface area contributed by atoms with Crippen LogP contribution in [0.5, 0.6) is 0 Å². The summed E-state index contributed by atoms with van der Waals surface area (Å²) in [6.07, 6.45) is 10.4. The molecule has 0 radical (unpaired) electrons. The van der Waals surface area contributed by atoms with Gasteiger partial charge in [-0.05, 0) is 12.5 Å². The van der Waals surface area contributed by atoms with Gasteiger partial charge in [0.05, 0.1) is 0 Å². The molecule has 0 spiro atoms. The maximum atomic E-state index is 4.35. The Labute approximate surface area is 104 Å². The molecule has 0 saturated carbocycles. The van der Waals surface area contributed by atoms with Crippen LogP contribution in [-0.4, -0.2) is 4.98 Å². The zero-order valence-corrected chi connectivity index (χ0v) is 11.6. The van der Waals surface area contributed by atoms with Crippen LogP contribution in [0.1, 0.15) is 62.8 Å². The summed E-state index contributed by atoms with van der Waals surface area (Å²) in [4.78, 5) is 5.73. The second kappa shape index (κ2) is 6.19. The van der Waals surface area contributed by atoms with E-state index < -0.39 is 0 Å². The standard InChI is InChI=1S/C14H23NS/c1-5-7-8-9-10-14(3,4)12-11-15-13(6-2)16-12/h6,11H,2,5,7-10H2,1,3-4H3. The lowest BCUT2D eigenvalue weighted by Crippen LogP contribution is -2.15. The van der Waals surface area contributed by atoms with Gasteiger partial charge >= 0.3 is 0 Å². The first-order chi connectivity index (χ1) is 7.60. The maximum Gasteiger partial charge on any atom is 0.115 e. The first kappa shape index (κ1) is 13.4. The summed E-state index contributed by atoms with van der Waals surface area (Å²) in [5.74, 6) is 0. The van der Waals surface area contributed by atoms with Crippen LogP contribution in [0.25, 0.3) is 6.08 Å². The maximum absolute atomic E-state index is 4.35. The molecule has 0 bridgehead atoms. The molecule has 2 heteroatoms. The Morgan fingerprint density at radius 3 is 2.69 bits per heavy atom. The van der Waals surface area contributed by atoms with Gasteiger partial charge in [-0.3, -0.25) is 0 Å². The molecule has 90 valence electrons. The highest BCUT2D eigenvalue weighted by molar-refractivity contribution is 7.12. The van der Waals surface area contributed by atoms with Crippen LogP contribution >= 0.6 is 11.3 Å². The molecule has 1 heterocycles. The van der Waals surface area contributed by atoms with Gasteiger partial charge in [0.15, 0.2) is 0 Å². The average Bonchev–Trinajstić information content (AvgIpc) is 2.73. The second-order valence-corrected chi connectivity index (χ2v) is 6.02. The van der Waals surface area contributed by atoms with Crippen LogP contribution in [0.3, 0.4) is 0 Å². The van der Waals surface area contributed by atoms with E-state index in [1.807, 2.05) is 12.3 Å². The van der Waals surface area contributed by atoms with Crippen LogP contribution in [0.15, 0.2) is 12.8 Å². The highest BCUT2D eigenvalue weighted by Gasteiger charge is 2.22. The fourth-order valence-corrected chi connectivity index (χ4v) is 2.71. The van der Waals surface area contributed by atoms with E-state index in [2.05, 4.69) is 32.3 Å². The van der Waals surface area contributed by atoms with Crippen LogP contribution in [0.2, 0.25) is 0 Å². The molecule has 1 nitrogen and oxygen atoms in total. The van der Waals surface area contributed by atoms with E-state index in [9.17, 15) is 0 Å². The van der Waals surface area contributed by atoms with Gasteiger partial charge < -0.3 is 0 Å². The first-order valence-corrected chi connectivity index (χ1v) is 7.00. The van der Waals surface area contributed by atoms with Crippen molar-refractivity contribution in [2.75, 3.05) is 0 Å². The van der Waals surface area contributed by atoms with Gasteiger partial charge in [0, 0.05) is 16.5 Å². The van der Waals surface area contributed by atoms with E-state index in [0.717, 1.165) is 5.01 Å². The number of aromatic nitrogens is 1. The molecule has 16 heavy (non-hydrogen) atoms. The fraction of sp³-hybridized carbons (Fsp3) is 0.643. The van der Waals surface area contributed by atoms with Crippen molar-refractivity contribution in [1.29, 1.82) is 0 Å². The monoisotopic (exact) mass is 237 g/mol. The van der Waals surface area contributed by atoms with Gasteiger partial charge in [0.1, 0.15) is 5.01 Å². The Balaban J connectivity index is 2.51. The van der Waals surface area contributed by atoms with Crippen molar-refractivity contribution in [3.63, 3.8) is 0 Å². The Morgan fingerprint density at radius 1 is 1.38 bits per heavy atom. The van der Waals surface area contributed by atoms with Gasteiger partial charge in [-0.2, -0.15) is 0 Å². The van der Waals surface area contributed by atoms with Crippen molar-refractivity contribution in [3.05, 3.63) is 22.7 Å². The van der Waals surface area contributed by atoms with E-state index in [1.54, 1.807) is 11.3 Å². The zero-order chi connectivity index (χ0) is 12.0. The van der Waals surface area contributed by atoms with Crippen LogP contribution in [-0.2, 0) is 5.41 Å². The molecule has 1 rings (SSSR count). The summed E-state index contributed by atoms with van der Waals surface area (Å²) in [6.45, 7) is 10.7. The fourth-order valence-electron chi connectivity index (χ4n) is 1.81. The van der Waals surface area contributed by atoms with Crippen molar-refractivity contribution in [1.82, 2.24) is 4.98 Å². The third-order valence-electron chi connectivity index (χ3n) is 3.02. The number of unbranched alkanes of at least 4 members (excludes halogenated alkanes) is 3. The van der Waals surface area contributed by atoms with Gasteiger partial charge in [-0.15, -0.1) is 11.3 Å². The SMILES string of the molecule is C=Cc1ncc(C(C)(C)CCCCCC)s1. The topological polar surface area (TPSA) is 12.9 Å². The molecular formula is C14H23NS. The van der Waals surface area contributed by atoms with Crippen LogP contribution in [0, 0.1) is 0 Å². The van der Waals surface area contributed by atoms with Crippen molar-refractivity contribution < 1.29 is 0 Å². The molecule has 0 aromatic carbocycles. The van der Waals surface area contributed by atoms with Crippen molar-refractivity contribution in [2.24, 2.45) is 0 Å². The molecular weight excluding hydrogens is 214 g/mol. The predicted octanol–water partition coefficient (Wildman–Crippen LogP) is 5.03. The van der Waals surface area contributed by atoms with Crippen molar-refractivity contribution in [3.8, 4) is 0 Å². The van der Waals surface area contributed by atoms with Gasteiger partial charge in [0.25, 0.3) is 0 Å². The Bertz CT molecular complexity index is 325. The second-order valence-electron chi connectivity index (χ2n) is 4.96. The molecule has 0 aliphatic carbocycles. The first-order valence-electron chi connectivity index (χ1n) is 6.19. The zero-order valence-electron chi connectivity index (χ0n) is 10.8. The number of thiazole rings is 1. The minimum atomic E-state index is 0.271. The highest BCUT2D eigenvalue weighted by Crippen LogP contribution is 2.33. The number of nitrogens with zero attached hydrogens (tertiary/aromatic N) is 1. The molecule has 0 atom stereocenters. The molecule has 0 aliphatic rings. The quantitative estimate of drug-likeness (QED) is 0.606. The summed E-state index contributed by atoms with van der Waals surface area (Å²) >= 11 is 1.77. The Morgan fingerprint density at radius 2 is 2.12 bits per heavy atom. The third kappa shape index (κ3) is 3.75. The molecule has 0 amide bonds. The van der Waals surface area contributed by atoms with E-state index in [1.165, 1.54) is 37.0 Å². The summed E-state index contributed by atoms with van der Waals surface area (Å²) < 4.78 is 0. The molecule has 0 unspecified atom stereocenters. The predicted molar refractivity (Wildman–Crippen MR) is 74.0 cm³/mol. The smallest absolute Gasteiger partial charge is 0.115 e. The lowest BCUT2D eigenvalue weighted by Gasteiger charge is -2.22. The summed E-state index contributed by atoms with van der Waals surface area (Å²) in [5, 5.41) is 1.04. The number of hydrogen-bond donors (Lipinski definition) is 0. The van der Waals surface area contributed by atoms with E-state index in [4.69, 9.17) is 0 Å². The van der Waals surface area contributed by atoms with Crippen molar-refractivity contribution in [2.45, 2.75) is 58.3 Å². The van der Waals surface area contributed by atoms with E-state index >= 15 is 0 Å². The van der Waals surface area contributed by atoms with E-state index in [-0.39, 0.29) is 5.41 Å². The minimum Gasteiger partial charge on any atom is -0.245 e. The molecule has 0 fully saturated rings. The Kier molecular flexibility index (Phi) is 5.20. The van der Waals surface area contributed by atoms with Gasteiger partial charge in [-0.25, -0.2) is 4.98 Å². The summed E-state index contributed by atoms with van der Waals surface area (Å²) in [5.41, 5.74) is 0.271. The number of rotatable bonds is 7. The minimum absolute atomic E-state index is 0.271. The van der Waals surface area contributed by atoms with E-state index in [0.29, 0.717) is 0 Å². The van der Waals surface area contributed by atoms with Gasteiger partial charge in [0.2, 0.25) is 0 Å². The van der Waals surface area contributed by atoms with Crippen LogP contribution in [0.4, 0.5) is 0 Å². The molecule has 1 aromatic heterocycles. The normalized spacial score (nSPS) is 11.7. The number of hydrogen-bond acceptors (Lipinski definition) is 2. The molecule has 1 aromatic rings. The molecule has 0 N–H and O–H groups in total. The third-order valence-corrected chi connectivity index (χ3v) is 4.38. The van der Waals surface area contributed by atoms with Crippen LogP contribution < -0.4 is 0 Å². The average molecular weight is 237 g/mol. The molecule has 0 aliphatic heterocycles. The highest BCUT2D eigenvalue weighted by atomic mass is 32.1. The van der Waals surface area contributed by atoms with Gasteiger partial charge in [-0.1, -0.05) is 53.0 Å². The summed E-state index contributed by atoms with van der Waals surface area (Å²) in [6, 6.07) is 0. The largest absolute Gasteiger partial charge is 0.245 e. The Hall–Kier alpha value is -0.630. The lowest BCUT2D eigenvalue weighted by molar-refractivity contribution is 0.453. The summed E-state index contributed by atoms with van der Waals surface area (Å²) in [7, 11) is 0. The lowest BCUT2D eigenvalue weighted by atomic mass is 9.86.